The second-order valence-corrected chi connectivity index (χ2v) is 10.0. The van der Waals surface area contributed by atoms with Crippen LogP contribution in [0.15, 0.2) is 52.0 Å². The van der Waals surface area contributed by atoms with Crippen molar-refractivity contribution in [3.8, 4) is 5.75 Å². The molecule has 0 aromatic heterocycles. The van der Waals surface area contributed by atoms with Crippen LogP contribution in [0.25, 0.3) is 0 Å². The first-order chi connectivity index (χ1) is 17.0. The predicted octanol–water partition coefficient (Wildman–Crippen LogP) is 8.47. The Balaban J connectivity index is 1.69. The second-order valence-electron chi connectivity index (χ2n) is 8.66. The highest BCUT2D eigenvalue weighted by atomic mass is 79.9. The highest BCUT2D eigenvalue weighted by Crippen LogP contribution is 2.23. The van der Waals surface area contributed by atoms with Gasteiger partial charge in [0.05, 0.1) is 11.8 Å². The van der Waals surface area contributed by atoms with Crippen molar-refractivity contribution in [1.29, 1.82) is 0 Å². The molecule has 2 aromatic rings. The lowest BCUT2D eigenvalue weighted by molar-refractivity contribution is -0.121. The zero-order valence-electron chi connectivity index (χ0n) is 20.5. The summed E-state index contributed by atoms with van der Waals surface area (Å²) >= 11 is 9.29. The molecule has 0 aliphatic rings. The molecule has 0 saturated carbocycles. The smallest absolute Gasteiger partial charge is 0.343 e. The van der Waals surface area contributed by atoms with Gasteiger partial charge in [-0.25, -0.2) is 10.2 Å². The van der Waals surface area contributed by atoms with Gasteiger partial charge in [0.1, 0.15) is 5.75 Å². The van der Waals surface area contributed by atoms with Crippen molar-refractivity contribution in [2.24, 2.45) is 5.10 Å². The number of carbonyl (C=O) groups excluding carboxylic acids is 2. The fraction of sp³-hybridized carbons (Fsp3) is 0.464. The highest BCUT2D eigenvalue weighted by Gasteiger charge is 2.12. The molecule has 2 rings (SSSR count). The van der Waals surface area contributed by atoms with E-state index in [4.69, 9.17) is 16.3 Å². The van der Waals surface area contributed by atoms with E-state index in [2.05, 4.69) is 33.4 Å². The summed E-state index contributed by atoms with van der Waals surface area (Å²) in [4.78, 5) is 24.5. The van der Waals surface area contributed by atoms with Crippen LogP contribution < -0.4 is 10.2 Å². The van der Waals surface area contributed by atoms with Crippen molar-refractivity contribution in [2.75, 3.05) is 0 Å². The molecule has 0 spiro atoms. The number of esters is 1. The van der Waals surface area contributed by atoms with Gasteiger partial charge in [-0.1, -0.05) is 98.7 Å². The third-order valence-electron chi connectivity index (χ3n) is 5.65. The molecule has 1 N–H and O–H groups in total. The van der Waals surface area contributed by atoms with Crippen molar-refractivity contribution in [2.45, 2.75) is 84.0 Å². The largest absolute Gasteiger partial charge is 0.422 e. The number of hydrogen-bond donors (Lipinski definition) is 1. The standard InChI is InChI=1S/C28H36BrClN2O3/c1-2-3-4-5-6-7-8-9-10-11-12-13-27(33)32-31-21-23-20-24(29)16-19-26(23)35-28(34)22-14-17-25(30)18-15-22/h14-21H,2-13H2,1H3,(H,32,33). The first kappa shape index (κ1) is 29.1. The summed E-state index contributed by atoms with van der Waals surface area (Å²) in [6, 6.07) is 11.7. The van der Waals surface area contributed by atoms with Gasteiger partial charge in [0.25, 0.3) is 0 Å². The molecule has 190 valence electrons. The van der Waals surface area contributed by atoms with Crippen molar-refractivity contribution in [3.05, 3.63) is 63.1 Å². The van der Waals surface area contributed by atoms with E-state index in [9.17, 15) is 9.59 Å². The van der Waals surface area contributed by atoms with E-state index in [0.29, 0.717) is 28.3 Å². The Morgan fingerprint density at radius 1 is 0.914 bits per heavy atom. The predicted molar refractivity (Wildman–Crippen MR) is 147 cm³/mol. The molecule has 7 heteroatoms. The van der Waals surface area contributed by atoms with Crippen LogP contribution in [-0.4, -0.2) is 18.1 Å². The Bertz CT molecular complexity index is 948. The lowest BCUT2D eigenvalue weighted by atomic mass is 10.1. The molecule has 0 aliphatic carbocycles. The van der Waals surface area contributed by atoms with Crippen molar-refractivity contribution >= 4 is 45.6 Å². The Labute approximate surface area is 222 Å². The SMILES string of the molecule is CCCCCCCCCCCCCC(=O)NN=Cc1cc(Br)ccc1OC(=O)c1ccc(Cl)cc1. The summed E-state index contributed by atoms with van der Waals surface area (Å²) in [6.45, 7) is 2.24. The average molecular weight is 564 g/mol. The van der Waals surface area contributed by atoms with Crippen LogP contribution in [0.3, 0.4) is 0 Å². The van der Waals surface area contributed by atoms with Gasteiger partial charge in [0.15, 0.2) is 0 Å². The zero-order chi connectivity index (χ0) is 25.3. The molecule has 1 amide bonds. The summed E-state index contributed by atoms with van der Waals surface area (Å²) in [5.41, 5.74) is 3.52. The van der Waals surface area contributed by atoms with Crippen LogP contribution in [0.2, 0.25) is 5.02 Å². The number of benzene rings is 2. The summed E-state index contributed by atoms with van der Waals surface area (Å²) < 4.78 is 6.32. The van der Waals surface area contributed by atoms with E-state index in [-0.39, 0.29) is 5.91 Å². The lowest BCUT2D eigenvalue weighted by Crippen LogP contribution is -2.17. The van der Waals surface area contributed by atoms with Crippen LogP contribution >= 0.6 is 27.5 Å². The number of hydrazone groups is 1. The number of ether oxygens (including phenoxy) is 1. The number of halogens is 2. The Hall–Kier alpha value is -2.18. The molecule has 2 aromatic carbocycles. The molecule has 0 fully saturated rings. The number of nitrogens with zero attached hydrogens (tertiary/aromatic N) is 1. The number of rotatable bonds is 16. The van der Waals surface area contributed by atoms with Gasteiger partial charge < -0.3 is 4.74 Å². The topological polar surface area (TPSA) is 67.8 Å². The number of unbranched alkanes of at least 4 members (excludes halogenated alkanes) is 10. The molecule has 0 unspecified atom stereocenters. The summed E-state index contributed by atoms with van der Waals surface area (Å²) in [5.74, 6) is -0.275. The maximum atomic E-state index is 12.4. The second kappa shape index (κ2) is 17.3. The fourth-order valence-corrected chi connectivity index (χ4v) is 4.14. The van der Waals surface area contributed by atoms with Crippen molar-refractivity contribution in [3.63, 3.8) is 0 Å². The summed E-state index contributed by atoms with van der Waals surface area (Å²) in [6.07, 6.45) is 15.6. The van der Waals surface area contributed by atoms with Gasteiger partial charge >= 0.3 is 5.97 Å². The van der Waals surface area contributed by atoms with Gasteiger partial charge in [0, 0.05) is 21.5 Å². The quantitative estimate of drug-likeness (QED) is 0.0732. The lowest BCUT2D eigenvalue weighted by Gasteiger charge is -2.08. The third kappa shape index (κ3) is 12.4. The van der Waals surface area contributed by atoms with E-state index in [1.54, 1.807) is 42.5 Å². The summed E-state index contributed by atoms with van der Waals surface area (Å²) in [7, 11) is 0. The van der Waals surface area contributed by atoms with Crippen LogP contribution in [0.5, 0.6) is 5.75 Å². The van der Waals surface area contributed by atoms with Crippen LogP contribution in [-0.2, 0) is 4.79 Å². The van der Waals surface area contributed by atoms with Crippen molar-refractivity contribution in [1.82, 2.24) is 5.43 Å². The Morgan fingerprint density at radius 3 is 2.14 bits per heavy atom. The van der Waals surface area contributed by atoms with Gasteiger partial charge in [-0.05, 0) is 48.9 Å². The summed E-state index contributed by atoms with van der Waals surface area (Å²) in [5, 5.41) is 4.59. The Morgan fingerprint density at radius 2 is 1.51 bits per heavy atom. The minimum Gasteiger partial charge on any atom is -0.422 e. The normalized spacial score (nSPS) is 11.1. The molecular weight excluding hydrogens is 528 g/mol. The third-order valence-corrected chi connectivity index (χ3v) is 6.40. The molecular formula is C28H36BrClN2O3. The number of carbonyl (C=O) groups is 2. The number of nitrogens with one attached hydrogen (secondary N) is 1. The van der Waals surface area contributed by atoms with E-state index in [1.807, 2.05) is 0 Å². The minimum atomic E-state index is -0.501. The van der Waals surface area contributed by atoms with Crippen LogP contribution in [0.4, 0.5) is 0 Å². The van der Waals surface area contributed by atoms with E-state index < -0.39 is 5.97 Å². The highest BCUT2D eigenvalue weighted by molar-refractivity contribution is 9.10. The van der Waals surface area contributed by atoms with Gasteiger partial charge in [0.2, 0.25) is 5.91 Å². The van der Waals surface area contributed by atoms with Gasteiger partial charge in [-0.3, -0.25) is 4.79 Å². The molecule has 35 heavy (non-hydrogen) atoms. The first-order valence-corrected chi connectivity index (χ1v) is 13.8. The van der Waals surface area contributed by atoms with Crippen molar-refractivity contribution < 1.29 is 14.3 Å². The van der Waals surface area contributed by atoms with Crippen LogP contribution in [0.1, 0.15) is 99.9 Å². The number of hydrogen-bond acceptors (Lipinski definition) is 4. The molecule has 0 atom stereocenters. The number of amides is 1. The van der Waals surface area contributed by atoms with Gasteiger partial charge in [-0.15, -0.1) is 0 Å². The maximum Gasteiger partial charge on any atom is 0.343 e. The molecule has 0 aliphatic heterocycles. The molecule has 0 saturated heterocycles. The first-order valence-electron chi connectivity index (χ1n) is 12.6. The van der Waals surface area contributed by atoms with Crippen LogP contribution in [0, 0.1) is 0 Å². The zero-order valence-corrected chi connectivity index (χ0v) is 22.9. The monoisotopic (exact) mass is 562 g/mol. The average Bonchev–Trinajstić information content (AvgIpc) is 2.84. The fourth-order valence-electron chi connectivity index (χ4n) is 3.64. The van der Waals surface area contributed by atoms with E-state index in [0.717, 1.165) is 17.3 Å². The molecule has 0 bridgehead atoms. The minimum absolute atomic E-state index is 0.119. The molecule has 0 heterocycles. The maximum absolute atomic E-state index is 12.4. The van der Waals surface area contributed by atoms with E-state index in [1.165, 1.54) is 64.0 Å². The Kier molecular flexibility index (Phi) is 14.3. The van der Waals surface area contributed by atoms with E-state index >= 15 is 0 Å². The molecule has 0 radical (unpaired) electrons. The molecule has 5 nitrogen and oxygen atoms in total. The van der Waals surface area contributed by atoms with Gasteiger partial charge in [-0.2, -0.15) is 5.10 Å².